The molecule has 3 rings (SSSR count). The summed E-state index contributed by atoms with van der Waals surface area (Å²) in [5.41, 5.74) is 1.25. The standard InChI is InChI=1S/C25H30ClNO5/c1-4-5-12-31-21-11-8-18(24(29)30)13-20(21)23-15-25(3,27-16(2)28)14-22(32-23)17-6-9-19(26)10-7-17/h6-11,13,22-23H,4-5,12,14-15H2,1-3H3,(H,27,28)(H,29,30)/t22-,23+,25+/m0/s1. The molecule has 0 spiro atoms. The highest BCUT2D eigenvalue weighted by atomic mass is 35.5. The SMILES string of the molecule is CCCCOc1ccc(C(=O)O)cc1[C@H]1C[C@](C)(NC(C)=O)C[C@@H](c2ccc(Cl)cc2)O1. The Morgan fingerprint density at radius 2 is 1.88 bits per heavy atom. The molecule has 172 valence electrons. The highest BCUT2D eigenvalue weighted by Gasteiger charge is 2.41. The van der Waals surface area contributed by atoms with Crippen LogP contribution >= 0.6 is 11.6 Å². The predicted octanol–water partition coefficient (Wildman–Crippen LogP) is 5.70. The first-order valence-electron chi connectivity index (χ1n) is 10.9. The number of rotatable bonds is 8. The van der Waals surface area contributed by atoms with Gasteiger partial charge in [0.25, 0.3) is 0 Å². The summed E-state index contributed by atoms with van der Waals surface area (Å²) in [7, 11) is 0. The molecule has 0 unspecified atom stereocenters. The van der Waals surface area contributed by atoms with Gasteiger partial charge in [0.05, 0.1) is 24.4 Å². The van der Waals surface area contributed by atoms with E-state index in [9.17, 15) is 14.7 Å². The van der Waals surface area contributed by atoms with Crippen molar-refractivity contribution in [2.45, 2.75) is 64.2 Å². The smallest absolute Gasteiger partial charge is 0.335 e. The van der Waals surface area contributed by atoms with Crippen LogP contribution in [0.4, 0.5) is 0 Å². The Morgan fingerprint density at radius 1 is 1.19 bits per heavy atom. The van der Waals surface area contributed by atoms with Crippen molar-refractivity contribution in [3.05, 3.63) is 64.2 Å². The minimum Gasteiger partial charge on any atom is -0.493 e. The monoisotopic (exact) mass is 459 g/mol. The molecule has 1 fully saturated rings. The van der Waals surface area contributed by atoms with Gasteiger partial charge in [-0.3, -0.25) is 4.79 Å². The maximum Gasteiger partial charge on any atom is 0.335 e. The lowest BCUT2D eigenvalue weighted by molar-refractivity contribution is -0.126. The molecule has 3 atom stereocenters. The lowest BCUT2D eigenvalue weighted by atomic mass is 9.81. The summed E-state index contributed by atoms with van der Waals surface area (Å²) in [6, 6.07) is 12.3. The lowest BCUT2D eigenvalue weighted by Crippen LogP contribution is -2.50. The third-order valence-electron chi connectivity index (χ3n) is 5.68. The Bertz CT molecular complexity index is 961. The number of ether oxygens (including phenoxy) is 2. The van der Waals surface area contributed by atoms with Crippen LogP contribution in [-0.2, 0) is 9.53 Å². The maximum absolute atomic E-state index is 12.0. The molecule has 2 N–H and O–H groups in total. The van der Waals surface area contributed by atoms with Crippen LogP contribution in [0, 0.1) is 0 Å². The molecule has 0 aromatic heterocycles. The summed E-state index contributed by atoms with van der Waals surface area (Å²) in [6.07, 6.45) is 2.18. The van der Waals surface area contributed by atoms with Gasteiger partial charge in [-0.25, -0.2) is 4.79 Å². The average Bonchev–Trinajstić information content (AvgIpc) is 2.73. The second-order valence-electron chi connectivity index (χ2n) is 8.57. The van der Waals surface area contributed by atoms with Crippen molar-refractivity contribution in [2.75, 3.05) is 6.61 Å². The van der Waals surface area contributed by atoms with Gasteiger partial charge in [0.1, 0.15) is 5.75 Å². The minimum atomic E-state index is -1.01. The summed E-state index contributed by atoms with van der Waals surface area (Å²) in [5.74, 6) is -0.530. The van der Waals surface area contributed by atoms with Crippen molar-refractivity contribution in [3.8, 4) is 5.75 Å². The molecular formula is C25H30ClNO5. The zero-order valence-electron chi connectivity index (χ0n) is 18.7. The van der Waals surface area contributed by atoms with Crippen LogP contribution in [0.1, 0.15) is 80.1 Å². The lowest BCUT2D eigenvalue weighted by Gasteiger charge is -2.43. The topological polar surface area (TPSA) is 84.9 Å². The van der Waals surface area contributed by atoms with Gasteiger partial charge in [-0.05, 0) is 49.2 Å². The van der Waals surface area contributed by atoms with Crippen LogP contribution in [0.3, 0.4) is 0 Å². The van der Waals surface area contributed by atoms with Crippen molar-refractivity contribution in [1.82, 2.24) is 5.32 Å². The van der Waals surface area contributed by atoms with Gasteiger partial charge in [-0.1, -0.05) is 37.1 Å². The van der Waals surface area contributed by atoms with Crippen molar-refractivity contribution in [1.29, 1.82) is 0 Å². The Balaban J connectivity index is 2.01. The Kier molecular flexibility index (Phi) is 7.80. The van der Waals surface area contributed by atoms with Gasteiger partial charge in [0.15, 0.2) is 0 Å². The summed E-state index contributed by atoms with van der Waals surface area (Å²) < 4.78 is 12.5. The van der Waals surface area contributed by atoms with Crippen LogP contribution in [-0.4, -0.2) is 29.1 Å². The second kappa shape index (κ2) is 10.4. The van der Waals surface area contributed by atoms with Crippen LogP contribution in [0.25, 0.3) is 0 Å². The normalized spacial score (nSPS) is 22.9. The van der Waals surface area contributed by atoms with Gasteiger partial charge in [-0.15, -0.1) is 0 Å². The molecule has 7 heteroatoms. The van der Waals surface area contributed by atoms with Crippen molar-refractivity contribution in [2.24, 2.45) is 0 Å². The van der Waals surface area contributed by atoms with Gasteiger partial charge in [0, 0.05) is 35.9 Å². The number of hydrogen-bond donors (Lipinski definition) is 2. The van der Waals surface area contributed by atoms with Crippen LogP contribution in [0.2, 0.25) is 5.02 Å². The zero-order chi connectivity index (χ0) is 23.3. The number of benzene rings is 2. The minimum absolute atomic E-state index is 0.123. The number of carboxylic acid groups (broad SMARTS) is 1. The fraction of sp³-hybridized carbons (Fsp3) is 0.440. The molecule has 6 nitrogen and oxygen atoms in total. The molecule has 0 saturated carbocycles. The first-order valence-corrected chi connectivity index (χ1v) is 11.3. The largest absolute Gasteiger partial charge is 0.493 e. The molecule has 1 saturated heterocycles. The van der Waals surface area contributed by atoms with E-state index < -0.39 is 17.6 Å². The molecule has 0 bridgehead atoms. The first-order chi connectivity index (χ1) is 15.2. The number of unbranched alkanes of at least 4 members (excludes halogenated alkanes) is 1. The second-order valence-corrected chi connectivity index (χ2v) is 9.01. The van der Waals surface area contributed by atoms with E-state index in [2.05, 4.69) is 12.2 Å². The van der Waals surface area contributed by atoms with Crippen molar-refractivity contribution in [3.63, 3.8) is 0 Å². The molecular weight excluding hydrogens is 430 g/mol. The van der Waals surface area contributed by atoms with E-state index in [4.69, 9.17) is 21.1 Å². The van der Waals surface area contributed by atoms with Gasteiger partial charge >= 0.3 is 5.97 Å². The Hall–Kier alpha value is -2.57. The van der Waals surface area contributed by atoms with Gasteiger partial charge < -0.3 is 19.9 Å². The maximum atomic E-state index is 12.0. The number of aromatic carboxylic acids is 1. The summed E-state index contributed by atoms with van der Waals surface area (Å²) in [5, 5.41) is 13.2. The fourth-order valence-corrected chi connectivity index (χ4v) is 4.30. The molecule has 0 aliphatic carbocycles. The number of carbonyl (C=O) groups excluding carboxylic acids is 1. The first kappa shape index (κ1) is 24.1. The van der Waals surface area contributed by atoms with E-state index in [0.717, 1.165) is 18.4 Å². The summed E-state index contributed by atoms with van der Waals surface area (Å²) in [6.45, 7) is 6.10. The Labute approximate surface area is 193 Å². The van der Waals surface area contributed by atoms with E-state index in [1.165, 1.54) is 6.92 Å². The molecule has 2 aromatic carbocycles. The number of amides is 1. The number of carbonyl (C=O) groups is 2. The van der Waals surface area contributed by atoms with E-state index in [0.29, 0.717) is 35.8 Å². The van der Waals surface area contributed by atoms with Gasteiger partial charge in [-0.2, -0.15) is 0 Å². The summed E-state index contributed by atoms with van der Waals surface area (Å²) in [4.78, 5) is 23.6. The third-order valence-corrected chi connectivity index (χ3v) is 5.93. The molecule has 2 aromatic rings. The number of hydrogen-bond acceptors (Lipinski definition) is 4. The van der Waals surface area contributed by atoms with E-state index in [-0.39, 0.29) is 17.6 Å². The van der Waals surface area contributed by atoms with Crippen LogP contribution in [0.15, 0.2) is 42.5 Å². The molecule has 1 aliphatic rings. The zero-order valence-corrected chi connectivity index (χ0v) is 19.4. The number of carboxylic acids is 1. The fourth-order valence-electron chi connectivity index (χ4n) is 4.17. The molecule has 1 heterocycles. The Morgan fingerprint density at radius 3 is 2.50 bits per heavy atom. The molecule has 32 heavy (non-hydrogen) atoms. The molecule has 1 amide bonds. The van der Waals surface area contributed by atoms with Crippen LogP contribution < -0.4 is 10.1 Å². The van der Waals surface area contributed by atoms with Crippen LogP contribution in [0.5, 0.6) is 5.75 Å². The highest BCUT2D eigenvalue weighted by molar-refractivity contribution is 6.30. The van der Waals surface area contributed by atoms with Gasteiger partial charge in [0.2, 0.25) is 5.91 Å². The average molecular weight is 460 g/mol. The number of nitrogens with one attached hydrogen (secondary N) is 1. The van der Waals surface area contributed by atoms with Crippen molar-refractivity contribution >= 4 is 23.5 Å². The van der Waals surface area contributed by atoms with E-state index in [1.54, 1.807) is 18.2 Å². The van der Waals surface area contributed by atoms with E-state index >= 15 is 0 Å². The van der Waals surface area contributed by atoms with E-state index in [1.807, 2.05) is 31.2 Å². The molecule has 0 radical (unpaired) electrons. The summed E-state index contributed by atoms with van der Waals surface area (Å²) >= 11 is 6.06. The van der Waals surface area contributed by atoms with Crippen molar-refractivity contribution < 1.29 is 24.2 Å². The predicted molar refractivity (Wildman–Crippen MR) is 123 cm³/mol. The molecule has 1 aliphatic heterocycles. The quantitative estimate of drug-likeness (QED) is 0.494. The third kappa shape index (κ3) is 6.02. The highest BCUT2D eigenvalue weighted by Crippen LogP contribution is 2.46. The number of halogens is 1.